The van der Waals surface area contributed by atoms with Crippen LogP contribution in [-0.4, -0.2) is 9.97 Å². The molecule has 4 aromatic rings. The minimum atomic E-state index is -0.358. The minimum Gasteiger partial charge on any atom is -0.436 e. The summed E-state index contributed by atoms with van der Waals surface area (Å²) in [5, 5.41) is 0.394. The number of aromatic nitrogens is 2. The van der Waals surface area contributed by atoms with Gasteiger partial charge in [-0.15, -0.1) is 0 Å². The van der Waals surface area contributed by atoms with Crippen LogP contribution in [-0.2, 0) is 0 Å². The molecule has 2 aromatic heterocycles. The summed E-state index contributed by atoms with van der Waals surface area (Å²) in [6.07, 6.45) is 3.01. The molecule has 26 heavy (non-hydrogen) atoms. The molecule has 0 aliphatic carbocycles. The third-order valence-corrected chi connectivity index (χ3v) is 3.75. The highest BCUT2D eigenvalue weighted by atomic mass is 19.1. The SMILES string of the molecule is O=c1nc(-c2ccc(C#Cc3ccc(F)cc3)cc2)oc2cnccc12. The highest BCUT2D eigenvalue weighted by Gasteiger charge is 2.08. The number of fused-ring (bicyclic) bond motifs is 1. The van der Waals surface area contributed by atoms with Crippen LogP contribution < -0.4 is 5.56 Å². The van der Waals surface area contributed by atoms with Crippen LogP contribution in [0.2, 0.25) is 0 Å². The normalized spacial score (nSPS) is 10.3. The van der Waals surface area contributed by atoms with Crippen molar-refractivity contribution < 1.29 is 8.81 Å². The fourth-order valence-electron chi connectivity index (χ4n) is 2.41. The van der Waals surface area contributed by atoms with E-state index in [1.165, 1.54) is 24.5 Å². The first-order chi connectivity index (χ1) is 12.7. The lowest BCUT2D eigenvalue weighted by Crippen LogP contribution is -2.07. The van der Waals surface area contributed by atoms with Gasteiger partial charge in [0, 0.05) is 22.9 Å². The summed E-state index contributed by atoms with van der Waals surface area (Å²) in [5.74, 6) is 5.91. The van der Waals surface area contributed by atoms with Crippen molar-refractivity contribution in [3.8, 4) is 23.3 Å². The summed E-state index contributed by atoms with van der Waals surface area (Å²) >= 11 is 0. The predicted octanol–water partition coefficient (Wildman–Crippen LogP) is 3.79. The van der Waals surface area contributed by atoms with Gasteiger partial charge < -0.3 is 4.42 Å². The molecular formula is C21H11FN2O2. The van der Waals surface area contributed by atoms with Gasteiger partial charge in [0.1, 0.15) is 5.82 Å². The smallest absolute Gasteiger partial charge is 0.284 e. The van der Waals surface area contributed by atoms with E-state index in [-0.39, 0.29) is 17.3 Å². The molecular weight excluding hydrogens is 331 g/mol. The van der Waals surface area contributed by atoms with Crippen LogP contribution in [0.5, 0.6) is 0 Å². The molecule has 5 heteroatoms. The Bertz CT molecular complexity index is 1200. The molecule has 0 radical (unpaired) electrons. The summed E-state index contributed by atoms with van der Waals surface area (Å²) in [4.78, 5) is 20.0. The van der Waals surface area contributed by atoms with Gasteiger partial charge in [-0.1, -0.05) is 11.8 Å². The molecule has 4 rings (SSSR count). The van der Waals surface area contributed by atoms with Gasteiger partial charge in [0.25, 0.3) is 5.56 Å². The van der Waals surface area contributed by atoms with Crippen molar-refractivity contribution in [3.05, 3.63) is 94.3 Å². The van der Waals surface area contributed by atoms with E-state index >= 15 is 0 Å². The number of pyridine rings is 1. The molecule has 0 amide bonds. The molecule has 0 saturated carbocycles. The Hall–Kier alpha value is -3.78. The van der Waals surface area contributed by atoms with Crippen molar-refractivity contribution in [1.29, 1.82) is 0 Å². The second kappa shape index (κ2) is 6.61. The summed E-state index contributed by atoms with van der Waals surface area (Å²) in [6, 6.07) is 14.7. The average Bonchev–Trinajstić information content (AvgIpc) is 2.68. The Morgan fingerprint density at radius 1 is 0.885 bits per heavy atom. The summed E-state index contributed by atoms with van der Waals surface area (Å²) in [6.45, 7) is 0. The van der Waals surface area contributed by atoms with E-state index in [1.54, 1.807) is 42.5 Å². The number of halogens is 1. The molecule has 4 nitrogen and oxygen atoms in total. The molecule has 2 heterocycles. The Morgan fingerprint density at radius 2 is 1.54 bits per heavy atom. The van der Waals surface area contributed by atoms with Crippen LogP contribution in [0.25, 0.3) is 22.4 Å². The van der Waals surface area contributed by atoms with E-state index in [4.69, 9.17) is 4.42 Å². The first kappa shape index (κ1) is 15.7. The fraction of sp³-hybridized carbons (Fsp3) is 0. The average molecular weight is 342 g/mol. The van der Waals surface area contributed by atoms with Crippen molar-refractivity contribution in [2.24, 2.45) is 0 Å². The van der Waals surface area contributed by atoms with Gasteiger partial charge in [0.2, 0.25) is 5.89 Å². The molecule has 0 aliphatic rings. The third-order valence-electron chi connectivity index (χ3n) is 3.75. The number of hydrogen-bond acceptors (Lipinski definition) is 4. The van der Waals surface area contributed by atoms with E-state index < -0.39 is 0 Å². The van der Waals surface area contributed by atoms with Crippen LogP contribution in [0.4, 0.5) is 4.39 Å². The number of nitrogens with zero attached hydrogens (tertiary/aromatic N) is 2. The largest absolute Gasteiger partial charge is 0.436 e. The van der Waals surface area contributed by atoms with Crippen molar-refractivity contribution in [2.75, 3.05) is 0 Å². The van der Waals surface area contributed by atoms with Gasteiger partial charge in [0.05, 0.1) is 11.6 Å². The lowest BCUT2D eigenvalue weighted by Gasteiger charge is -2.01. The van der Waals surface area contributed by atoms with Crippen LogP contribution in [0.15, 0.2) is 76.2 Å². The van der Waals surface area contributed by atoms with Gasteiger partial charge in [-0.2, -0.15) is 4.98 Å². The van der Waals surface area contributed by atoms with Gasteiger partial charge >= 0.3 is 0 Å². The number of benzene rings is 2. The zero-order valence-corrected chi connectivity index (χ0v) is 13.4. The van der Waals surface area contributed by atoms with Crippen molar-refractivity contribution >= 4 is 11.0 Å². The van der Waals surface area contributed by atoms with Gasteiger partial charge in [-0.25, -0.2) is 4.39 Å². The first-order valence-corrected chi connectivity index (χ1v) is 7.82. The molecule has 0 saturated heterocycles. The Labute approximate surface area is 148 Å². The fourth-order valence-corrected chi connectivity index (χ4v) is 2.41. The molecule has 0 aliphatic heterocycles. The zero-order valence-electron chi connectivity index (χ0n) is 13.4. The van der Waals surface area contributed by atoms with Crippen LogP contribution in [0, 0.1) is 17.7 Å². The minimum absolute atomic E-state index is 0.230. The number of rotatable bonds is 1. The highest BCUT2D eigenvalue weighted by Crippen LogP contribution is 2.19. The maximum atomic E-state index is 12.9. The predicted molar refractivity (Wildman–Crippen MR) is 95.9 cm³/mol. The standard InChI is InChI=1S/C21H11FN2O2/c22-17-9-5-15(6-10-17)2-1-14-3-7-16(8-4-14)21-24-20(25)18-11-12-23-13-19(18)26-21/h3-13H. The van der Waals surface area contributed by atoms with Gasteiger partial charge in [-0.3, -0.25) is 9.78 Å². The first-order valence-electron chi connectivity index (χ1n) is 7.82. The Balaban J connectivity index is 1.64. The van der Waals surface area contributed by atoms with E-state index in [0.29, 0.717) is 16.5 Å². The lowest BCUT2D eigenvalue weighted by molar-refractivity contribution is 0.593. The van der Waals surface area contributed by atoms with E-state index in [0.717, 1.165) is 11.1 Å². The molecule has 2 aromatic carbocycles. The maximum Gasteiger partial charge on any atom is 0.284 e. The molecule has 0 atom stereocenters. The van der Waals surface area contributed by atoms with Crippen molar-refractivity contribution in [3.63, 3.8) is 0 Å². The topological polar surface area (TPSA) is 56.0 Å². The zero-order chi connectivity index (χ0) is 17.9. The second-order valence-electron chi connectivity index (χ2n) is 5.53. The van der Waals surface area contributed by atoms with Crippen LogP contribution in [0.1, 0.15) is 11.1 Å². The van der Waals surface area contributed by atoms with Crippen LogP contribution in [0.3, 0.4) is 0 Å². The van der Waals surface area contributed by atoms with Gasteiger partial charge in [0.15, 0.2) is 5.58 Å². The van der Waals surface area contributed by atoms with E-state index in [1.807, 2.05) is 0 Å². The monoisotopic (exact) mass is 342 g/mol. The van der Waals surface area contributed by atoms with Crippen molar-refractivity contribution in [1.82, 2.24) is 9.97 Å². The summed E-state index contributed by atoms with van der Waals surface area (Å²) < 4.78 is 18.6. The summed E-state index contributed by atoms with van der Waals surface area (Å²) in [7, 11) is 0. The molecule has 0 N–H and O–H groups in total. The summed E-state index contributed by atoms with van der Waals surface area (Å²) in [5.41, 5.74) is 2.21. The maximum absolute atomic E-state index is 12.9. The third kappa shape index (κ3) is 3.21. The molecule has 124 valence electrons. The molecule has 0 fully saturated rings. The second-order valence-corrected chi connectivity index (χ2v) is 5.53. The number of hydrogen-bond donors (Lipinski definition) is 0. The Morgan fingerprint density at radius 3 is 2.23 bits per heavy atom. The molecule has 0 unspecified atom stereocenters. The Kier molecular flexibility index (Phi) is 4.00. The van der Waals surface area contributed by atoms with Crippen molar-refractivity contribution in [2.45, 2.75) is 0 Å². The van der Waals surface area contributed by atoms with E-state index in [2.05, 4.69) is 21.8 Å². The van der Waals surface area contributed by atoms with Crippen LogP contribution >= 0.6 is 0 Å². The van der Waals surface area contributed by atoms with Gasteiger partial charge in [-0.05, 0) is 54.6 Å². The highest BCUT2D eigenvalue weighted by molar-refractivity contribution is 5.75. The quantitative estimate of drug-likeness (QED) is 0.494. The molecule has 0 bridgehead atoms. The lowest BCUT2D eigenvalue weighted by atomic mass is 10.1. The van der Waals surface area contributed by atoms with E-state index in [9.17, 15) is 9.18 Å². The molecule has 0 spiro atoms.